The normalized spacial score (nSPS) is 11.7. The van der Waals surface area contributed by atoms with E-state index in [4.69, 9.17) is 15.2 Å². The zero-order chi connectivity index (χ0) is 12.3. The Hall–Kier alpha value is -1.22. The molecule has 0 spiro atoms. The van der Waals surface area contributed by atoms with Crippen LogP contribution >= 0.6 is 0 Å². The first-order valence-corrected chi connectivity index (χ1v) is 5.49. The first-order valence-electron chi connectivity index (χ1n) is 5.49. The van der Waals surface area contributed by atoms with Crippen molar-refractivity contribution in [3.8, 4) is 11.5 Å². The van der Waals surface area contributed by atoms with Gasteiger partial charge in [-0.25, -0.2) is 0 Å². The van der Waals surface area contributed by atoms with Crippen LogP contribution in [0.3, 0.4) is 0 Å². The molecule has 0 amide bonds. The molecule has 3 heteroatoms. The summed E-state index contributed by atoms with van der Waals surface area (Å²) < 4.78 is 11.1. The molecule has 2 N–H and O–H groups in total. The van der Waals surface area contributed by atoms with Crippen LogP contribution in [-0.4, -0.2) is 13.2 Å². The Morgan fingerprint density at radius 3 is 2.31 bits per heavy atom. The minimum absolute atomic E-state index is 0.0948. The minimum atomic E-state index is -0.446. The predicted molar refractivity (Wildman–Crippen MR) is 66.0 cm³/mol. The van der Waals surface area contributed by atoms with Crippen LogP contribution in [-0.2, 0) is 5.54 Å². The van der Waals surface area contributed by atoms with Crippen LogP contribution in [0, 0.1) is 0 Å². The maximum atomic E-state index is 6.12. The SMILES string of the molecule is COc1cccc(C(C)(C)N)c1OC(C)C. The van der Waals surface area contributed by atoms with Gasteiger partial charge in [-0.3, -0.25) is 0 Å². The predicted octanol–water partition coefficient (Wildman–Crippen LogP) is 2.68. The van der Waals surface area contributed by atoms with E-state index in [1.165, 1.54) is 0 Å². The molecule has 0 aliphatic carbocycles. The number of hydrogen-bond acceptors (Lipinski definition) is 3. The fourth-order valence-electron chi connectivity index (χ4n) is 1.54. The van der Waals surface area contributed by atoms with Crippen molar-refractivity contribution >= 4 is 0 Å². The van der Waals surface area contributed by atoms with Crippen molar-refractivity contribution in [2.75, 3.05) is 7.11 Å². The molecule has 90 valence electrons. The van der Waals surface area contributed by atoms with Gasteiger partial charge in [0.25, 0.3) is 0 Å². The van der Waals surface area contributed by atoms with Gasteiger partial charge in [-0.2, -0.15) is 0 Å². The van der Waals surface area contributed by atoms with Gasteiger partial charge in [0.1, 0.15) is 0 Å². The van der Waals surface area contributed by atoms with Crippen LogP contribution in [0.15, 0.2) is 18.2 Å². The minimum Gasteiger partial charge on any atom is -0.493 e. The number of nitrogens with two attached hydrogens (primary N) is 1. The van der Waals surface area contributed by atoms with Gasteiger partial charge in [0.05, 0.1) is 13.2 Å². The zero-order valence-corrected chi connectivity index (χ0v) is 10.7. The average molecular weight is 223 g/mol. The van der Waals surface area contributed by atoms with E-state index in [1.54, 1.807) is 7.11 Å². The molecule has 0 radical (unpaired) electrons. The number of hydrogen-bond donors (Lipinski definition) is 1. The van der Waals surface area contributed by atoms with E-state index in [2.05, 4.69) is 0 Å². The lowest BCUT2D eigenvalue weighted by molar-refractivity contribution is 0.224. The fraction of sp³-hybridized carbons (Fsp3) is 0.538. The van der Waals surface area contributed by atoms with Crippen LogP contribution in [0.2, 0.25) is 0 Å². The summed E-state index contributed by atoms with van der Waals surface area (Å²) in [6.07, 6.45) is 0.0948. The second-order valence-corrected chi connectivity index (χ2v) is 4.73. The topological polar surface area (TPSA) is 44.5 Å². The third-order valence-corrected chi connectivity index (χ3v) is 2.25. The van der Waals surface area contributed by atoms with Crippen molar-refractivity contribution in [1.82, 2.24) is 0 Å². The largest absolute Gasteiger partial charge is 0.493 e. The van der Waals surface area contributed by atoms with E-state index in [1.807, 2.05) is 45.9 Å². The Morgan fingerprint density at radius 2 is 1.88 bits per heavy atom. The van der Waals surface area contributed by atoms with Gasteiger partial charge in [-0.05, 0) is 33.8 Å². The Balaban J connectivity index is 3.26. The molecule has 1 rings (SSSR count). The van der Waals surface area contributed by atoms with Gasteiger partial charge in [0, 0.05) is 11.1 Å². The second kappa shape index (κ2) is 4.74. The number of benzene rings is 1. The van der Waals surface area contributed by atoms with E-state index in [0.717, 1.165) is 17.1 Å². The highest BCUT2D eigenvalue weighted by atomic mass is 16.5. The van der Waals surface area contributed by atoms with Crippen molar-refractivity contribution < 1.29 is 9.47 Å². The molecule has 1 aromatic carbocycles. The van der Waals surface area contributed by atoms with E-state index in [0.29, 0.717) is 0 Å². The van der Waals surface area contributed by atoms with Gasteiger partial charge in [-0.1, -0.05) is 12.1 Å². The van der Waals surface area contributed by atoms with Gasteiger partial charge in [0.2, 0.25) is 0 Å². The summed E-state index contributed by atoms with van der Waals surface area (Å²) in [7, 11) is 1.63. The Morgan fingerprint density at radius 1 is 1.25 bits per heavy atom. The van der Waals surface area contributed by atoms with Crippen LogP contribution in [0.5, 0.6) is 11.5 Å². The number of ether oxygens (including phenoxy) is 2. The van der Waals surface area contributed by atoms with Crippen LogP contribution < -0.4 is 15.2 Å². The molecule has 3 nitrogen and oxygen atoms in total. The maximum Gasteiger partial charge on any atom is 0.166 e. The molecular formula is C13H21NO2. The molecule has 0 aliphatic heterocycles. The Labute approximate surface area is 97.6 Å². The molecule has 1 aromatic rings. The fourth-order valence-corrected chi connectivity index (χ4v) is 1.54. The molecule has 0 bridgehead atoms. The van der Waals surface area contributed by atoms with E-state index in [-0.39, 0.29) is 6.10 Å². The molecule has 0 saturated carbocycles. The summed E-state index contributed by atoms with van der Waals surface area (Å²) in [4.78, 5) is 0. The lowest BCUT2D eigenvalue weighted by Crippen LogP contribution is -2.29. The van der Waals surface area contributed by atoms with Gasteiger partial charge < -0.3 is 15.2 Å². The summed E-state index contributed by atoms with van der Waals surface area (Å²) in [5, 5.41) is 0. The molecular weight excluding hydrogens is 202 g/mol. The average Bonchev–Trinajstić information content (AvgIpc) is 2.15. The van der Waals surface area contributed by atoms with Crippen LogP contribution in [0.1, 0.15) is 33.3 Å². The van der Waals surface area contributed by atoms with Crippen molar-refractivity contribution in [2.45, 2.75) is 39.3 Å². The second-order valence-electron chi connectivity index (χ2n) is 4.73. The molecule has 0 aromatic heterocycles. The summed E-state index contributed by atoms with van der Waals surface area (Å²) in [6.45, 7) is 7.88. The van der Waals surface area contributed by atoms with E-state index < -0.39 is 5.54 Å². The number of para-hydroxylation sites is 1. The van der Waals surface area contributed by atoms with Gasteiger partial charge >= 0.3 is 0 Å². The number of methoxy groups -OCH3 is 1. The highest BCUT2D eigenvalue weighted by Gasteiger charge is 2.22. The molecule has 16 heavy (non-hydrogen) atoms. The lowest BCUT2D eigenvalue weighted by Gasteiger charge is -2.25. The molecule has 0 unspecified atom stereocenters. The summed E-state index contributed by atoms with van der Waals surface area (Å²) in [6, 6.07) is 5.78. The van der Waals surface area contributed by atoms with Gasteiger partial charge in [0.15, 0.2) is 11.5 Å². The third kappa shape index (κ3) is 2.89. The monoisotopic (exact) mass is 223 g/mol. The molecule has 0 heterocycles. The molecule has 0 fully saturated rings. The van der Waals surface area contributed by atoms with Crippen molar-refractivity contribution in [3.63, 3.8) is 0 Å². The van der Waals surface area contributed by atoms with Crippen LogP contribution in [0.4, 0.5) is 0 Å². The third-order valence-electron chi connectivity index (χ3n) is 2.25. The standard InChI is InChI=1S/C13H21NO2/c1-9(2)16-12-10(13(3,4)14)7-6-8-11(12)15-5/h6-9H,14H2,1-5H3. The summed E-state index contributed by atoms with van der Waals surface area (Å²) in [5.41, 5.74) is 6.63. The zero-order valence-electron chi connectivity index (χ0n) is 10.7. The van der Waals surface area contributed by atoms with E-state index >= 15 is 0 Å². The first-order chi connectivity index (χ1) is 7.36. The molecule has 0 atom stereocenters. The van der Waals surface area contributed by atoms with Crippen molar-refractivity contribution in [3.05, 3.63) is 23.8 Å². The lowest BCUT2D eigenvalue weighted by atomic mass is 9.94. The highest BCUT2D eigenvalue weighted by molar-refractivity contribution is 5.49. The Bertz CT molecular complexity index is 353. The quantitative estimate of drug-likeness (QED) is 0.853. The summed E-state index contributed by atoms with van der Waals surface area (Å²) >= 11 is 0. The Kier molecular flexibility index (Phi) is 3.81. The van der Waals surface area contributed by atoms with Crippen molar-refractivity contribution in [1.29, 1.82) is 0 Å². The van der Waals surface area contributed by atoms with E-state index in [9.17, 15) is 0 Å². The first kappa shape index (κ1) is 12.8. The molecule has 0 aliphatic rings. The van der Waals surface area contributed by atoms with Crippen LogP contribution in [0.25, 0.3) is 0 Å². The highest BCUT2D eigenvalue weighted by Crippen LogP contribution is 2.36. The summed E-state index contributed by atoms with van der Waals surface area (Å²) in [5.74, 6) is 1.47. The molecule has 0 saturated heterocycles. The smallest absolute Gasteiger partial charge is 0.166 e. The number of rotatable bonds is 4. The van der Waals surface area contributed by atoms with Crippen molar-refractivity contribution in [2.24, 2.45) is 5.73 Å². The van der Waals surface area contributed by atoms with Gasteiger partial charge in [-0.15, -0.1) is 0 Å². The maximum absolute atomic E-state index is 6.12.